The van der Waals surface area contributed by atoms with Crippen molar-refractivity contribution in [2.45, 2.75) is 90.1 Å². The minimum atomic E-state index is -1.20. The molecular weight excluding hydrogens is 414 g/mol. The Morgan fingerprint density at radius 3 is 2.41 bits per heavy atom. The third kappa shape index (κ3) is 9.04. The van der Waals surface area contributed by atoms with Gasteiger partial charge in [0.25, 0.3) is 0 Å². The fourth-order valence-electron chi connectivity index (χ4n) is 4.55. The van der Waals surface area contributed by atoms with Crippen molar-refractivity contribution < 1.29 is 29.0 Å². The van der Waals surface area contributed by atoms with Crippen molar-refractivity contribution in [1.82, 2.24) is 16.0 Å². The summed E-state index contributed by atoms with van der Waals surface area (Å²) in [5.41, 5.74) is 0. The van der Waals surface area contributed by atoms with Crippen LogP contribution in [0.1, 0.15) is 78.1 Å². The van der Waals surface area contributed by atoms with E-state index >= 15 is 0 Å². The average molecular weight is 454 g/mol. The van der Waals surface area contributed by atoms with E-state index in [4.69, 9.17) is 4.74 Å². The van der Waals surface area contributed by atoms with Gasteiger partial charge in [-0.05, 0) is 43.9 Å². The van der Waals surface area contributed by atoms with Crippen molar-refractivity contribution in [2.75, 3.05) is 13.2 Å². The average Bonchev–Trinajstić information content (AvgIpc) is 3.15. The third-order valence-electron chi connectivity index (χ3n) is 6.33. The minimum absolute atomic E-state index is 0.0208. The monoisotopic (exact) mass is 453 g/mol. The zero-order chi connectivity index (χ0) is 23.5. The van der Waals surface area contributed by atoms with E-state index in [2.05, 4.69) is 16.0 Å². The maximum Gasteiger partial charge on any atom is 0.407 e. The fraction of sp³-hybridized carbons (Fsp3) is 0.826. The molecule has 182 valence electrons. The van der Waals surface area contributed by atoms with Crippen LogP contribution >= 0.6 is 0 Å². The molecule has 1 saturated carbocycles. The molecule has 3 unspecified atom stereocenters. The first kappa shape index (κ1) is 25.9. The summed E-state index contributed by atoms with van der Waals surface area (Å²) < 4.78 is 5.27. The quantitative estimate of drug-likeness (QED) is 0.336. The summed E-state index contributed by atoms with van der Waals surface area (Å²) in [5, 5.41) is 17.3. The van der Waals surface area contributed by atoms with Crippen LogP contribution in [0.15, 0.2) is 0 Å². The molecule has 1 aliphatic heterocycles. The third-order valence-corrected chi connectivity index (χ3v) is 6.33. The number of carbonyl (C=O) groups is 4. The molecule has 0 radical (unpaired) electrons. The number of alkyl carbamates (subject to hydrolysis) is 1. The van der Waals surface area contributed by atoms with E-state index in [1.54, 1.807) is 0 Å². The number of hydrogen-bond acceptors (Lipinski definition) is 5. The number of amides is 3. The van der Waals surface area contributed by atoms with Crippen molar-refractivity contribution in [3.8, 4) is 0 Å². The summed E-state index contributed by atoms with van der Waals surface area (Å²) in [6.45, 7) is 4.63. The van der Waals surface area contributed by atoms with Gasteiger partial charge in [0.05, 0.1) is 6.61 Å². The topological polar surface area (TPSA) is 134 Å². The fourth-order valence-corrected chi connectivity index (χ4v) is 4.55. The van der Waals surface area contributed by atoms with Gasteiger partial charge in [0.1, 0.15) is 12.1 Å². The van der Waals surface area contributed by atoms with Gasteiger partial charge in [-0.15, -0.1) is 0 Å². The highest BCUT2D eigenvalue weighted by Crippen LogP contribution is 2.27. The number of carbonyl (C=O) groups excluding carboxylic acids is 3. The molecule has 0 aromatic heterocycles. The van der Waals surface area contributed by atoms with Gasteiger partial charge in [-0.3, -0.25) is 9.59 Å². The van der Waals surface area contributed by atoms with Gasteiger partial charge >= 0.3 is 12.1 Å². The second-order valence-corrected chi connectivity index (χ2v) is 9.52. The Morgan fingerprint density at radius 2 is 1.81 bits per heavy atom. The van der Waals surface area contributed by atoms with Crippen LogP contribution in [0.3, 0.4) is 0 Å². The maximum absolute atomic E-state index is 12.8. The number of nitrogens with one attached hydrogen (secondary N) is 3. The summed E-state index contributed by atoms with van der Waals surface area (Å²) in [6, 6.07) is -2.10. The van der Waals surface area contributed by atoms with Crippen molar-refractivity contribution in [3.63, 3.8) is 0 Å². The van der Waals surface area contributed by atoms with Crippen LogP contribution in [0, 0.1) is 17.8 Å². The van der Waals surface area contributed by atoms with Gasteiger partial charge < -0.3 is 25.8 Å². The van der Waals surface area contributed by atoms with E-state index in [9.17, 15) is 24.3 Å². The van der Waals surface area contributed by atoms with Crippen molar-refractivity contribution >= 4 is 23.9 Å². The van der Waals surface area contributed by atoms with Crippen LogP contribution in [0.5, 0.6) is 0 Å². The number of rotatable bonds is 12. The molecule has 2 aliphatic rings. The predicted molar refractivity (Wildman–Crippen MR) is 119 cm³/mol. The Labute approximate surface area is 190 Å². The van der Waals surface area contributed by atoms with Gasteiger partial charge in [-0.25, -0.2) is 9.59 Å². The van der Waals surface area contributed by atoms with Gasteiger partial charge in [0, 0.05) is 12.5 Å². The molecular formula is C23H39N3O6. The van der Waals surface area contributed by atoms with E-state index in [1.807, 2.05) is 13.8 Å². The molecule has 0 spiro atoms. The molecule has 3 amide bonds. The molecule has 0 bridgehead atoms. The molecule has 32 heavy (non-hydrogen) atoms. The molecule has 1 saturated heterocycles. The molecule has 1 aliphatic carbocycles. The summed E-state index contributed by atoms with van der Waals surface area (Å²) in [4.78, 5) is 48.4. The lowest BCUT2D eigenvalue weighted by Gasteiger charge is -2.23. The Morgan fingerprint density at radius 1 is 1.09 bits per heavy atom. The summed E-state index contributed by atoms with van der Waals surface area (Å²) in [6.07, 6.45) is 8.43. The van der Waals surface area contributed by atoms with Gasteiger partial charge in [0.15, 0.2) is 0 Å². The summed E-state index contributed by atoms with van der Waals surface area (Å²) >= 11 is 0. The Kier molecular flexibility index (Phi) is 10.8. The first-order chi connectivity index (χ1) is 15.3. The zero-order valence-corrected chi connectivity index (χ0v) is 19.4. The second-order valence-electron chi connectivity index (χ2n) is 9.52. The van der Waals surface area contributed by atoms with Crippen LogP contribution in [-0.2, 0) is 19.1 Å². The predicted octanol–water partition coefficient (Wildman–Crippen LogP) is 2.58. The van der Waals surface area contributed by atoms with E-state index in [-0.39, 0.29) is 18.2 Å². The molecule has 9 nitrogen and oxygen atoms in total. The highest BCUT2D eigenvalue weighted by molar-refractivity contribution is 5.89. The lowest BCUT2D eigenvalue weighted by atomic mass is 9.86. The smallest absolute Gasteiger partial charge is 0.407 e. The second kappa shape index (κ2) is 13.3. The Hall–Kier alpha value is -2.32. The van der Waals surface area contributed by atoms with E-state index < -0.39 is 36.0 Å². The molecule has 3 atom stereocenters. The van der Waals surface area contributed by atoms with Crippen molar-refractivity contribution in [1.29, 1.82) is 0 Å². The molecule has 2 fully saturated rings. The lowest BCUT2D eigenvalue weighted by molar-refractivity contribution is -0.143. The molecule has 1 heterocycles. The van der Waals surface area contributed by atoms with E-state index in [0.717, 1.165) is 12.8 Å². The summed E-state index contributed by atoms with van der Waals surface area (Å²) in [7, 11) is 0. The minimum Gasteiger partial charge on any atom is -0.480 e. The number of aliphatic carboxylic acids is 1. The van der Waals surface area contributed by atoms with Crippen molar-refractivity contribution in [2.24, 2.45) is 17.8 Å². The van der Waals surface area contributed by atoms with Crippen molar-refractivity contribution in [3.05, 3.63) is 0 Å². The van der Waals surface area contributed by atoms with Crippen LogP contribution in [-0.4, -0.2) is 54.2 Å². The number of carboxylic acids is 1. The van der Waals surface area contributed by atoms with Crippen LogP contribution in [0.25, 0.3) is 0 Å². The van der Waals surface area contributed by atoms with Gasteiger partial charge in [-0.1, -0.05) is 46.0 Å². The van der Waals surface area contributed by atoms with Crippen LogP contribution < -0.4 is 16.0 Å². The van der Waals surface area contributed by atoms with Crippen LogP contribution in [0.4, 0.5) is 4.79 Å². The molecule has 2 rings (SSSR count). The lowest BCUT2D eigenvalue weighted by Crippen LogP contribution is -2.52. The highest BCUT2D eigenvalue weighted by atomic mass is 16.5. The largest absolute Gasteiger partial charge is 0.480 e. The maximum atomic E-state index is 12.8. The molecule has 4 N–H and O–H groups in total. The molecule has 0 aromatic carbocycles. The van der Waals surface area contributed by atoms with E-state index in [0.29, 0.717) is 31.9 Å². The first-order valence-electron chi connectivity index (χ1n) is 12.0. The first-order valence-corrected chi connectivity index (χ1v) is 12.0. The van der Waals surface area contributed by atoms with Crippen LogP contribution in [0.2, 0.25) is 0 Å². The normalized spacial score (nSPS) is 21.0. The molecule has 9 heteroatoms. The number of ether oxygens (including phenoxy) is 1. The zero-order valence-electron chi connectivity index (χ0n) is 19.4. The molecule has 0 aromatic rings. The standard InChI is InChI=1S/C23H39N3O6/c1-15(2)13-18(26-23(31)32-12-6-9-16-7-4-3-5-8-16)21(28)25-19(22(29)30)14-17-10-11-24-20(17)27/h15-19H,3-14H2,1-2H3,(H,24,27)(H,25,28)(H,26,31)(H,29,30). The summed E-state index contributed by atoms with van der Waals surface area (Å²) in [5.74, 6) is -1.61. The van der Waals surface area contributed by atoms with Gasteiger partial charge in [-0.2, -0.15) is 0 Å². The van der Waals surface area contributed by atoms with E-state index in [1.165, 1.54) is 32.1 Å². The Balaban J connectivity index is 1.82. The Bertz CT molecular complexity index is 648. The SMILES string of the molecule is CC(C)CC(NC(=O)OCCCC1CCCCC1)C(=O)NC(CC1CCNC1=O)C(=O)O. The highest BCUT2D eigenvalue weighted by Gasteiger charge is 2.33. The number of hydrogen-bond donors (Lipinski definition) is 4. The number of carboxylic acid groups (broad SMARTS) is 1. The van der Waals surface area contributed by atoms with Gasteiger partial charge in [0.2, 0.25) is 11.8 Å².